The smallest absolute Gasteiger partial charge is 0.276 e. The molecule has 0 unspecified atom stereocenters. The molecule has 3 heterocycles. The first-order valence-electron chi connectivity index (χ1n) is 5.33. The van der Waals surface area contributed by atoms with E-state index in [0.717, 1.165) is 14.9 Å². The van der Waals surface area contributed by atoms with Gasteiger partial charge >= 0.3 is 0 Å². The van der Waals surface area contributed by atoms with E-state index in [1.165, 1.54) is 22.7 Å². The lowest BCUT2D eigenvalue weighted by Gasteiger charge is -1.95. The van der Waals surface area contributed by atoms with E-state index in [2.05, 4.69) is 20.5 Å². The molecule has 0 saturated carbocycles. The maximum Gasteiger partial charge on any atom is 0.276 e. The van der Waals surface area contributed by atoms with Crippen molar-refractivity contribution in [3.8, 4) is 9.88 Å². The number of hydrogen-bond donors (Lipinski definition) is 1. The zero-order valence-electron chi connectivity index (χ0n) is 9.78. The Morgan fingerprint density at radius 1 is 1.32 bits per heavy atom. The summed E-state index contributed by atoms with van der Waals surface area (Å²) in [7, 11) is 0. The van der Waals surface area contributed by atoms with Gasteiger partial charge in [0.15, 0.2) is 0 Å². The topological polar surface area (TPSA) is 67.8 Å². The van der Waals surface area contributed by atoms with Crippen LogP contribution in [-0.2, 0) is 0 Å². The zero-order valence-corrected chi connectivity index (χ0v) is 12.2. The Labute approximate surface area is 121 Å². The molecule has 1 amide bonds. The molecule has 5 nitrogen and oxygen atoms in total. The van der Waals surface area contributed by atoms with Crippen LogP contribution in [0.4, 0.5) is 5.13 Å². The Morgan fingerprint density at radius 2 is 2.21 bits per heavy atom. The number of amides is 1. The molecule has 19 heavy (non-hydrogen) atoms. The van der Waals surface area contributed by atoms with Crippen molar-refractivity contribution in [3.05, 3.63) is 33.6 Å². The van der Waals surface area contributed by atoms with Crippen molar-refractivity contribution < 1.29 is 4.79 Å². The Balaban J connectivity index is 1.77. The van der Waals surface area contributed by atoms with Crippen LogP contribution in [-0.4, -0.2) is 21.1 Å². The van der Waals surface area contributed by atoms with E-state index >= 15 is 0 Å². The molecular weight excluding hydrogens is 300 g/mol. The lowest BCUT2D eigenvalue weighted by molar-refractivity contribution is 0.102. The zero-order chi connectivity index (χ0) is 13.2. The molecule has 96 valence electrons. The Kier molecular flexibility index (Phi) is 3.36. The molecule has 0 aromatic carbocycles. The first-order valence-corrected chi connectivity index (χ1v) is 7.91. The Morgan fingerprint density at radius 3 is 2.89 bits per heavy atom. The molecule has 0 aliphatic rings. The summed E-state index contributed by atoms with van der Waals surface area (Å²) in [4.78, 5) is 17.4. The van der Waals surface area contributed by atoms with Gasteiger partial charge in [0.25, 0.3) is 5.91 Å². The number of aryl methyl sites for hydroxylation is 1. The highest BCUT2D eigenvalue weighted by molar-refractivity contribution is 7.20. The second-order valence-corrected chi connectivity index (χ2v) is 6.58. The van der Waals surface area contributed by atoms with Gasteiger partial charge in [-0.05, 0) is 18.4 Å². The number of thiophene rings is 1. The van der Waals surface area contributed by atoms with E-state index in [1.54, 1.807) is 16.7 Å². The number of carbonyl (C=O) groups is 1. The first kappa shape index (κ1) is 12.4. The van der Waals surface area contributed by atoms with Gasteiger partial charge in [-0.25, -0.2) is 4.98 Å². The second-order valence-electron chi connectivity index (χ2n) is 3.60. The van der Waals surface area contributed by atoms with Gasteiger partial charge in [-0.15, -0.1) is 32.9 Å². The van der Waals surface area contributed by atoms with Gasteiger partial charge in [0.2, 0.25) is 5.13 Å². The predicted molar refractivity (Wildman–Crippen MR) is 78.0 cm³/mol. The standard InChI is InChI=1S/C11H8N4OS3/c1-6-14-15-11(19-6)13-9(16)7-5-18-10(12-7)8-3-2-4-17-8/h2-5H,1H3,(H,13,15,16). The minimum absolute atomic E-state index is 0.254. The van der Waals surface area contributed by atoms with Gasteiger partial charge in [0.1, 0.15) is 15.7 Å². The van der Waals surface area contributed by atoms with Crippen LogP contribution in [0, 0.1) is 6.92 Å². The van der Waals surface area contributed by atoms with Crippen molar-refractivity contribution in [2.75, 3.05) is 5.32 Å². The van der Waals surface area contributed by atoms with Gasteiger partial charge in [-0.2, -0.15) is 0 Å². The van der Waals surface area contributed by atoms with E-state index in [-0.39, 0.29) is 5.91 Å². The monoisotopic (exact) mass is 308 g/mol. The molecule has 0 spiro atoms. The molecule has 3 aromatic heterocycles. The summed E-state index contributed by atoms with van der Waals surface area (Å²) in [6.07, 6.45) is 0. The van der Waals surface area contributed by atoms with Crippen LogP contribution in [0.5, 0.6) is 0 Å². The maximum absolute atomic E-state index is 12.0. The molecule has 0 atom stereocenters. The second kappa shape index (κ2) is 5.16. The summed E-state index contributed by atoms with van der Waals surface area (Å²) in [6.45, 7) is 1.84. The van der Waals surface area contributed by atoms with Crippen LogP contribution in [0.15, 0.2) is 22.9 Å². The van der Waals surface area contributed by atoms with Gasteiger partial charge in [-0.1, -0.05) is 17.4 Å². The maximum atomic E-state index is 12.0. The molecule has 8 heteroatoms. The lowest BCUT2D eigenvalue weighted by Crippen LogP contribution is -2.12. The quantitative estimate of drug-likeness (QED) is 0.806. The van der Waals surface area contributed by atoms with E-state index in [9.17, 15) is 4.79 Å². The number of nitrogens with zero attached hydrogens (tertiary/aromatic N) is 3. The molecule has 3 aromatic rings. The summed E-state index contributed by atoms with van der Waals surface area (Å²) in [5, 5.41) is 16.3. The molecule has 0 aliphatic carbocycles. The van der Waals surface area contributed by atoms with Crippen LogP contribution in [0.1, 0.15) is 15.5 Å². The molecule has 3 rings (SSSR count). The minimum atomic E-state index is -0.254. The SMILES string of the molecule is Cc1nnc(NC(=O)c2csc(-c3cccs3)n2)s1. The average molecular weight is 308 g/mol. The Bertz CT molecular complexity index is 701. The van der Waals surface area contributed by atoms with Crippen molar-refractivity contribution >= 4 is 45.0 Å². The number of carbonyl (C=O) groups excluding carboxylic acids is 1. The molecule has 0 saturated heterocycles. The van der Waals surface area contributed by atoms with Crippen LogP contribution in [0.25, 0.3) is 9.88 Å². The summed E-state index contributed by atoms with van der Waals surface area (Å²) < 4.78 is 0. The van der Waals surface area contributed by atoms with Crippen LogP contribution in [0.2, 0.25) is 0 Å². The van der Waals surface area contributed by atoms with E-state index in [4.69, 9.17) is 0 Å². The molecule has 0 radical (unpaired) electrons. The normalized spacial score (nSPS) is 10.6. The van der Waals surface area contributed by atoms with E-state index in [0.29, 0.717) is 10.8 Å². The lowest BCUT2D eigenvalue weighted by atomic mass is 10.4. The number of thiazole rings is 1. The molecule has 0 aliphatic heterocycles. The highest BCUT2D eigenvalue weighted by atomic mass is 32.1. The molecule has 1 N–H and O–H groups in total. The highest BCUT2D eigenvalue weighted by Gasteiger charge is 2.14. The van der Waals surface area contributed by atoms with Gasteiger partial charge in [0, 0.05) is 5.38 Å². The summed E-state index contributed by atoms with van der Waals surface area (Å²) in [5.74, 6) is -0.254. The molecular formula is C11H8N4OS3. The molecule has 0 fully saturated rings. The number of nitrogens with one attached hydrogen (secondary N) is 1. The minimum Gasteiger partial charge on any atom is -0.295 e. The van der Waals surface area contributed by atoms with Crippen molar-refractivity contribution in [2.24, 2.45) is 0 Å². The number of anilines is 1. The van der Waals surface area contributed by atoms with Crippen molar-refractivity contribution in [1.29, 1.82) is 0 Å². The highest BCUT2D eigenvalue weighted by Crippen LogP contribution is 2.28. The fourth-order valence-corrected chi connectivity index (χ4v) is 3.60. The van der Waals surface area contributed by atoms with Crippen molar-refractivity contribution in [1.82, 2.24) is 15.2 Å². The average Bonchev–Trinajstić information content (AvgIpc) is 3.08. The fraction of sp³-hybridized carbons (Fsp3) is 0.0909. The first-order chi connectivity index (χ1) is 9.22. The third kappa shape index (κ3) is 2.70. The summed E-state index contributed by atoms with van der Waals surface area (Å²) in [5.41, 5.74) is 0.404. The van der Waals surface area contributed by atoms with E-state index < -0.39 is 0 Å². The Hall–Kier alpha value is -1.64. The number of hydrogen-bond acceptors (Lipinski definition) is 7. The van der Waals surface area contributed by atoms with Crippen LogP contribution < -0.4 is 5.32 Å². The third-order valence-corrected chi connectivity index (χ3v) is 4.85. The van der Waals surface area contributed by atoms with Gasteiger partial charge in [0.05, 0.1) is 4.88 Å². The van der Waals surface area contributed by atoms with Crippen LogP contribution in [0.3, 0.4) is 0 Å². The van der Waals surface area contributed by atoms with Gasteiger partial charge in [-0.3, -0.25) is 10.1 Å². The van der Waals surface area contributed by atoms with Crippen molar-refractivity contribution in [2.45, 2.75) is 6.92 Å². The fourth-order valence-electron chi connectivity index (χ4n) is 1.40. The van der Waals surface area contributed by atoms with E-state index in [1.807, 2.05) is 24.4 Å². The predicted octanol–water partition coefficient (Wildman–Crippen LogP) is 3.28. The molecule has 0 bridgehead atoms. The van der Waals surface area contributed by atoms with Gasteiger partial charge < -0.3 is 0 Å². The number of rotatable bonds is 3. The van der Waals surface area contributed by atoms with Crippen LogP contribution >= 0.6 is 34.0 Å². The summed E-state index contributed by atoms with van der Waals surface area (Å²) >= 11 is 4.40. The van der Waals surface area contributed by atoms with Crippen molar-refractivity contribution in [3.63, 3.8) is 0 Å². The third-order valence-electron chi connectivity index (χ3n) is 2.22. The largest absolute Gasteiger partial charge is 0.295 e. The summed E-state index contributed by atoms with van der Waals surface area (Å²) in [6, 6.07) is 3.95. The number of aromatic nitrogens is 3.